The lowest BCUT2D eigenvalue weighted by molar-refractivity contribution is 0.0982. The largest absolute Gasteiger partial charge is 0.508 e. The molecule has 0 saturated carbocycles. The van der Waals surface area contributed by atoms with Gasteiger partial charge in [0.15, 0.2) is 11.2 Å². The van der Waals surface area contributed by atoms with Gasteiger partial charge in [-0.1, -0.05) is 30.3 Å². The second-order valence-corrected chi connectivity index (χ2v) is 7.73. The molecule has 8 heteroatoms. The van der Waals surface area contributed by atoms with Crippen molar-refractivity contribution in [3.05, 3.63) is 81.0 Å². The number of nitrogens with zero attached hydrogens (tertiary/aromatic N) is 3. The Hall–Kier alpha value is -3.65. The molecule has 1 aliphatic heterocycles. The van der Waals surface area contributed by atoms with E-state index in [2.05, 4.69) is 4.98 Å². The summed E-state index contributed by atoms with van der Waals surface area (Å²) in [5.74, 6) is 0.702. The van der Waals surface area contributed by atoms with Gasteiger partial charge in [0.1, 0.15) is 11.6 Å². The maximum Gasteiger partial charge on any atom is 0.330 e. The Morgan fingerprint density at radius 2 is 1.84 bits per heavy atom. The zero-order valence-corrected chi connectivity index (χ0v) is 16.8. The fraction of sp³-hybridized carbons (Fsp3) is 0.261. The van der Waals surface area contributed by atoms with Gasteiger partial charge in [0.25, 0.3) is 5.56 Å². The van der Waals surface area contributed by atoms with Crippen LogP contribution >= 0.6 is 0 Å². The number of rotatable bonds is 5. The van der Waals surface area contributed by atoms with Crippen molar-refractivity contribution >= 4 is 11.2 Å². The normalized spacial score (nSPS) is 16.2. The Balaban J connectivity index is 1.73. The molecule has 1 unspecified atom stereocenters. The number of hydrogen-bond acceptors (Lipinski definition) is 5. The monoisotopic (exact) mass is 418 g/mol. The van der Waals surface area contributed by atoms with Gasteiger partial charge in [-0.3, -0.25) is 14.3 Å². The van der Waals surface area contributed by atoms with Gasteiger partial charge in [0, 0.05) is 12.2 Å². The minimum Gasteiger partial charge on any atom is -0.508 e. The molecule has 1 aliphatic rings. The summed E-state index contributed by atoms with van der Waals surface area (Å²) in [7, 11) is 0. The van der Waals surface area contributed by atoms with E-state index in [-0.39, 0.29) is 11.9 Å². The maximum atomic E-state index is 12.9. The van der Waals surface area contributed by atoms with Crippen LogP contribution in [0.5, 0.6) is 5.75 Å². The fourth-order valence-corrected chi connectivity index (χ4v) is 4.09. The average molecular weight is 418 g/mol. The van der Waals surface area contributed by atoms with Gasteiger partial charge >= 0.3 is 5.69 Å². The van der Waals surface area contributed by atoms with E-state index >= 15 is 0 Å². The third kappa shape index (κ3) is 3.66. The van der Waals surface area contributed by atoms with Crippen LogP contribution in [0, 0.1) is 0 Å². The highest BCUT2D eigenvalue weighted by Gasteiger charge is 2.24. The van der Waals surface area contributed by atoms with Crippen LogP contribution in [0.1, 0.15) is 18.4 Å². The zero-order chi connectivity index (χ0) is 21.4. The van der Waals surface area contributed by atoms with Gasteiger partial charge in [-0.2, -0.15) is 0 Å². The van der Waals surface area contributed by atoms with Gasteiger partial charge in [0.2, 0.25) is 0 Å². The van der Waals surface area contributed by atoms with Gasteiger partial charge in [0.05, 0.1) is 19.2 Å². The summed E-state index contributed by atoms with van der Waals surface area (Å²) in [5.41, 5.74) is 1.37. The lowest BCUT2D eigenvalue weighted by Gasteiger charge is -2.14. The van der Waals surface area contributed by atoms with Crippen LogP contribution in [-0.2, 0) is 17.8 Å². The van der Waals surface area contributed by atoms with Crippen LogP contribution in [0.2, 0.25) is 0 Å². The van der Waals surface area contributed by atoms with Gasteiger partial charge < -0.3 is 14.4 Å². The second kappa shape index (κ2) is 7.88. The highest BCUT2D eigenvalue weighted by atomic mass is 16.5. The predicted molar refractivity (Wildman–Crippen MR) is 116 cm³/mol. The summed E-state index contributed by atoms with van der Waals surface area (Å²) in [6.07, 6.45) is 1.85. The third-order valence-corrected chi connectivity index (χ3v) is 5.60. The van der Waals surface area contributed by atoms with E-state index < -0.39 is 11.2 Å². The van der Waals surface area contributed by atoms with Crippen LogP contribution in [0.3, 0.4) is 0 Å². The molecule has 3 heterocycles. The second-order valence-electron chi connectivity index (χ2n) is 7.73. The minimum absolute atomic E-state index is 0.0258. The Bertz CT molecular complexity index is 1330. The molecule has 8 nitrogen and oxygen atoms in total. The first-order valence-electron chi connectivity index (χ1n) is 10.3. The molecule has 2 aromatic carbocycles. The highest BCUT2D eigenvalue weighted by molar-refractivity contribution is 5.77. The molecule has 0 amide bonds. The number of benzene rings is 2. The predicted octanol–water partition coefficient (Wildman–Crippen LogP) is 2.49. The first kappa shape index (κ1) is 19.3. The maximum absolute atomic E-state index is 12.9. The van der Waals surface area contributed by atoms with Crippen molar-refractivity contribution in [1.29, 1.82) is 0 Å². The van der Waals surface area contributed by atoms with Crippen LogP contribution in [-0.4, -0.2) is 36.9 Å². The summed E-state index contributed by atoms with van der Waals surface area (Å²) in [5, 5.41) is 9.68. The van der Waals surface area contributed by atoms with E-state index in [9.17, 15) is 14.7 Å². The van der Waals surface area contributed by atoms with E-state index in [1.807, 2.05) is 34.9 Å². The fourth-order valence-electron chi connectivity index (χ4n) is 4.09. The molecule has 0 aliphatic carbocycles. The van der Waals surface area contributed by atoms with E-state index in [1.165, 1.54) is 4.57 Å². The number of H-pyrrole nitrogens is 1. The highest BCUT2D eigenvalue weighted by Crippen LogP contribution is 2.26. The van der Waals surface area contributed by atoms with Crippen LogP contribution in [0.4, 0.5) is 0 Å². The van der Waals surface area contributed by atoms with Crippen LogP contribution in [0.15, 0.2) is 64.2 Å². The quantitative estimate of drug-likeness (QED) is 0.518. The molecule has 1 atom stereocenters. The molecule has 0 spiro atoms. The molecule has 158 valence electrons. The Labute approximate surface area is 177 Å². The Kier molecular flexibility index (Phi) is 4.91. The van der Waals surface area contributed by atoms with Crippen molar-refractivity contribution in [3.8, 4) is 17.1 Å². The number of hydrogen-bond donors (Lipinski definition) is 2. The Morgan fingerprint density at radius 1 is 1.06 bits per heavy atom. The molecule has 1 fully saturated rings. The number of ether oxygens (including phenoxy) is 1. The molecule has 1 saturated heterocycles. The standard InChI is InChI=1S/C23H22N4O4/c28-17-10-8-16(9-11-17)20-24-21-19(26(20)14-18-7-4-12-31-18)22(29)25-23(30)27(21)13-15-5-2-1-3-6-15/h1-3,5-6,8-11,18,28H,4,7,12-14H2,(H,25,29,30). The van der Waals surface area contributed by atoms with Crippen molar-refractivity contribution in [1.82, 2.24) is 19.1 Å². The SMILES string of the molecule is O=c1[nH]c(=O)n(Cc2ccccc2)c2nc(-c3ccc(O)cc3)n(CC3CCCO3)c12. The molecular weight excluding hydrogens is 396 g/mol. The third-order valence-electron chi connectivity index (χ3n) is 5.60. The molecule has 4 aromatic rings. The molecule has 2 N–H and O–H groups in total. The van der Waals surface area contributed by atoms with Gasteiger partial charge in [-0.25, -0.2) is 9.78 Å². The summed E-state index contributed by atoms with van der Waals surface area (Å²) in [6.45, 7) is 1.44. The number of aromatic nitrogens is 4. The van der Waals surface area contributed by atoms with Gasteiger partial charge in [-0.05, 0) is 42.7 Å². The molecule has 5 rings (SSSR count). The van der Waals surface area contributed by atoms with E-state index in [4.69, 9.17) is 9.72 Å². The minimum atomic E-state index is -0.500. The number of phenols is 1. The van der Waals surface area contributed by atoms with Crippen molar-refractivity contribution in [2.24, 2.45) is 0 Å². The lowest BCUT2D eigenvalue weighted by Crippen LogP contribution is -2.32. The number of aromatic amines is 1. The molecular formula is C23H22N4O4. The zero-order valence-electron chi connectivity index (χ0n) is 16.8. The van der Waals surface area contributed by atoms with E-state index in [1.54, 1.807) is 24.3 Å². The molecule has 2 aromatic heterocycles. The first-order valence-corrected chi connectivity index (χ1v) is 10.3. The van der Waals surface area contributed by atoms with Crippen LogP contribution < -0.4 is 11.2 Å². The number of nitrogens with one attached hydrogen (secondary N) is 1. The summed E-state index contributed by atoms with van der Waals surface area (Å²) in [4.78, 5) is 32.8. The van der Waals surface area contributed by atoms with Crippen LogP contribution in [0.25, 0.3) is 22.6 Å². The lowest BCUT2D eigenvalue weighted by atomic mass is 10.2. The summed E-state index contributed by atoms with van der Waals surface area (Å²) >= 11 is 0. The number of phenolic OH excluding ortho intramolecular Hbond substituents is 1. The van der Waals surface area contributed by atoms with Crippen molar-refractivity contribution in [2.45, 2.75) is 32.0 Å². The van der Waals surface area contributed by atoms with Crippen molar-refractivity contribution in [3.63, 3.8) is 0 Å². The molecule has 0 radical (unpaired) electrons. The number of imidazole rings is 1. The van der Waals surface area contributed by atoms with E-state index in [0.29, 0.717) is 36.7 Å². The van der Waals surface area contributed by atoms with Gasteiger partial charge in [-0.15, -0.1) is 0 Å². The average Bonchev–Trinajstić information content (AvgIpc) is 3.41. The smallest absolute Gasteiger partial charge is 0.330 e. The number of fused-ring (bicyclic) bond motifs is 1. The number of aromatic hydroxyl groups is 1. The summed E-state index contributed by atoms with van der Waals surface area (Å²) < 4.78 is 9.12. The van der Waals surface area contributed by atoms with Crippen molar-refractivity contribution in [2.75, 3.05) is 6.61 Å². The Morgan fingerprint density at radius 3 is 2.55 bits per heavy atom. The molecule has 31 heavy (non-hydrogen) atoms. The van der Waals surface area contributed by atoms with E-state index in [0.717, 1.165) is 24.0 Å². The topological polar surface area (TPSA) is 102 Å². The summed E-state index contributed by atoms with van der Waals surface area (Å²) in [6, 6.07) is 16.2. The molecule has 0 bridgehead atoms. The van der Waals surface area contributed by atoms with Crippen molar-refractivity contribution < 1.29 is 9.84 Å². The first-order chi connectivity index (χ1) is 15.1.